The van der Waals surface area contributed by atoms with Crippen molar-refractivity contribution in [2.75, 3.05) is 11.1 Å². The molecule has 3 atom stereocenters. The lowest BCUT2D eigenvalue weighted by Gasteiger charge is -2.35. The first-order chi connectivity index (χ1) is 14.7. The van der Waals surface area contributed by atoms with Crippen LogP contribution >= 0.6 is 11.8 Å². The Hall–Kier alpha value is -3.02. The number of benzene rings is 2. The number of anilines is 1. The Morgan fingerprint density at radius 1 is 1.16 bits per heavy atom. The number of rotatable bonds is 6. The predicted octanol–water partition coefficient (Wildman–Crippen LogP) is 1.03. The van der Waals surface area contributed by atoms with E-state index in [1.807, 2.05) is 6.92 Å². The lowest BCUT2D eigenvalue weighted by atomic mass is 10.1. The van der Waals surface area contributed by atoms with Gasteiger partial charge in [0.2, 0.25) is 11.8 Å². The fraction of sp³-hybridized carbons (Fsp3) is 0.250. The van der Waals surface area contributed by atoms with Crippen molar-refractivity contribution in [3.05, 3.63) is 65.2 Å². The summed E-state index contributed by atoms with van der Waals surface area (Å²) in [5, 5.41) is 10.4. The van der Waals surface area contributed by atoms with E-state index in [2.05, 4.69) is 21.3 Å². The fourth-order valence-electron chi connectivity index (χ4n) is 2.81. The van der Waals surface area contributed by atoms with Crippen LogP contribution in [0.3, 0.4) is 0 Å². The SMILES string of the molecule is Cc1ccc(C(=O)NC2C(=O)NC(SCC(=O)Nc3ccc(F)cc3F)NC2N)cc1. The molecule has 0 bridgehead atoms. The molecular weight excluding hydrogens is 428 g/mol. The molecule has 1 aliphatic heterocycles. The maximum absolute atomic E-state index is 13.6. The average Bonchev–Trinajstić information content (AvgIpc) is 2.71. The molecule has 3 rings (SSSR count). The van der Waals surface area contributed by atoms with Crippen LogP contribution in [0, 0.1) is 18.6 Å². The third kappa shape index (κ3) is 6.00. The third-order valence-corrected chi connectivity index (χ3v) is 5.46. The van der Waals surface area contributed by atoms with Crippen LogP contribution in [0.4, 0.5) is 14.5 Å². The van der Waals surface area contributed by atoms with Crippen LogP contribution in [0.15, 0.2) is 42.5 Å². The number of nitrogens with one attached hydrogen (secondary N) is 4. The molecule has 6 N–H and O–H groups in total. The first-order valence-electron chi connectivity index (χ1n) is 9.29. The van der Waals surface area contributed by atoms with Crippen LogP contribution < -0.4 is 27.0 Å². The Kier molecular flexibility index (Phi) is 7.21. The highest BCUT2D eigenvalue weighted by atomic mass is 32.2. The zero-order valence-corrected chi connectivity index (χ0v) is 17.3. The van der Waals surface area contributed by atoms with Gasteiger partial charge in [-0.3, -0.25) is 19.7 Å². The number of aryl methyl sites for hydroxylation is 1. The molecule has 11 heteroatoms. The molecule has 2 aromatic carbocycles. The van der Waals surface area contributed by atoms with E-state index in [0.29, 0.717) is 11.6 Å². The number of hydrogen-bond donors (Lipinski definition) is 5. The van der Waals surface area contributed by atoms with Gasteiger partial charge in [0.05, 0.1) is 17.6 Å². The Morgan fingerprint density at radius 2 is 1.87 bits per heavy atom. The first kappa shape index (κ1) is 22.7. The summed E-state index contributed by atoms with van der Waals surface area (Å²) in [6.45, 7) is 1.89. The van der Waals surface area contributed by atoms with Gasteiger partial charge in [-0.05, 0) is 31.2 Å². The molecule has 1 saturated heterocycles. The summed E-state index contributed by atoms with van der Waals surface area (Å²) in [5.74, 6) is -3.27. The van der Waals surface area contributed by atoms with Crippen LogP contribution in [-0.2, 0) is 9.59 Å². The molecule has 3 unspecified atom stereocenters. The van der Waals surface area contributed by atoms with E-state index in [4.69, 9.17) is 5.73 Å². The van der Waals surface area contributed by atoms with Crippen molar-refractivity contribution >= 4 is 35.2 Å². The summed E-state index contributed by atoms with van der Waals surface area (Å²) in [5.41, 5.74) is 6.54. The van der Waals surface area contributed by atoms with Crippen LogP contribution in [0.25, 0.3) is 0 Å². The molecule has 0 saturated carbocycles. The molecule has 0 aromatic heterocycles. The highest BCUT2D eigenvalue weighted by Gasteiger charge is 2.35. The summed E-state index contributed by atoms with van der Waals surface area (Å²) in [7, 11) is 0. The highest BCUT2D eigenvalue weighted by Crippen LogP contribution is 2.17. The van der Waals surface area contributed by atoms with Gasteiger partial charge in [-0.25, -0.2) is 8.78 Å². The van der Waals surface area contributed by atoms with Crippen molar-refractivity contribution in [3.63, 3.8) is 0 Å². The van der Waals surface area contributed by atoms with E-state index in [9.17, 15) is 23.2 Å². The number of thioether (sulfide) groups is 1. The van der Waals surface area contributed by atoms with Crippen LogP contribution in [-0.4, -0.2) is 41.2 Å². The molecule has 2 aromatic rings. The van der Waals surface area contributed by atoms with E-state index in [-0.39, 0.29) is 11.4 Å². The van der Waals surface area contributed by atoms with Gasteiger partial charge in [-0.15, -0.1) is 11.8 Å². The van der Waals surface area contributed by atoms with E-state index >= 15 is 0 Å². The third-order valence-electron chi connectivity index (χ3n) is 4.45. The number of carbonyl (C=O) groups excluding carboxylic acids is 3. The summed E-state index contributed by atoms with van der Waals surface area (Å²) in [6, 6.07) is 8.65. The topological polar surface area (TPSA) is 125 Å². The normalized spacial score (nSPS) is 20.6. The van der Waals surface area contributed by atoms with Crippen molar-refractivity contribution in [1.29, 1.82) is 0 Å². The molecule has 0 radical (unpaired) electrons. The minimum Gasteiger partial charge on any atom is -0.338 e. The lowest BCUT2D eigenvalue weighted by Crippen LogP contribution is -2.70. The quantitative estimate of drug-likeness (QED) is 0.449. The average molecular weight is 449 g/mol. The van der Waals surface area contributed by atoms with Crippen molar-refractivity contribution in [1.82, 2.24) is 16.0 Å². The first-order valence-corrected chi connectivity index (χ1v) is 10.3. The van der Waals surface area contributed by atoms with E-state index in [1.54, 1.807) is 24.3 Å². The second-order valence-corrected chi connectivity index (χ2v) is 7.97. The smallest absolute Gasteiger partial charge is 0.252 e. The van der Waals surface area contributed by atoms with Crippen molar-refractivity contribution in [3.8, 4) is 0 Å². The maximum Gasteiger partial charge on any atom is 0.252 e. The van der Waals surface area contributed by atoms with Crippen LogP contribution in [0.5, 0.6) is 0 Å². The van der Waals surface area contributed by atoms with Gasteiger partial charge < -0.3 is 21.7 Å². The van der Waals surface area contributed by atoms with E-state index in [0.717, 1.165) is 29.5 Å². The number of amides is 3. The lowest BCUT2D eigenvalue weighted by molar-refractivity contribution is -0.125. The van der Waals surface area contributed by atoms with Gasteiger partial charge in [-0.1, -0.05) is 17.7 Å². The number of halogens is 2. The molecule has 8 nitrogen and oxygen atoms in total. The molecule has 0 spiro atoms. The summed E-state index contributed by atoms with van der Waals surface area (Å²) in [4.78, 5) is 36.8. The summed E-state index contributed by atoms with van der Waals surface area (Å²) < 4.78 is 26.5. The number of hydrogen-bond acceptors (Lipinski definition) is 6. The maximum atomic E-state index is 13.6. The van der Waals surface area contributed by atoms with Crippen LogP contribution in [0.1, 0.15) is 15.9 Å². The Bertz CT molecular complexity index is 989. The zero-order chi connectivity index (χ0) is 22.5. The van der Waals surface area contributed by atoms with Crippen molar-refractivity contribution < 1.29 is 23.2 Å². The molecule has 1 aliphatic rings. The van der Waals surface area contributed by atoms with Gasteiger partial charge in [-0.2, -0.15) is 0 Å². The summed E-state index contributed by atoms with van der Waals surface area (Å²) in [6.07, 6.45) is -0.891. The van der Waals surface area contributed by atoms with Gasteiger partial charge in [0.15, 0.2) is 0 Å². The standard InChI is InChI=1S/C20H21F2N5O3S/c1-10-2-4-11(5-3-10)18(29)25-16-17(23)26-20(27-19(16)30)31-9-15(28)24-14-7-6-12(21)8-13(14)22/h2-8,16-17,20,26H,9,23H2,1H3,(H,24,28)(H,25,29)(H,27,30). The van der Waals surface area contributed by atoms with Crippen molar-refractivity contribution in [2.45, 2.75) is 24.6 Å². The minimum absolute atomic E-state index is 0.137. The van der Waals surface area contributed by atoms with Crippen molar-refractivity contribution in [2.24, 2.45) is 5.73 Å². The number of nitrogens with two attached hydrogens (primary N) is 1. The fourth-order valence-corrected chi connectivity index (χ4v) is 3.65. The highest BCUT2D eigenvalue weighted by molar-refractivity contribution is 8.00. The largest absolute Gasteiger partial charge is 0.338 e. The second-order valence-electron chi connectivity index (χ2n) is 6.88. The molecule has 31 heavy (non-hydrogen) atoms. The zero-order valence-electron chi connectivity index (χ0n) is 16.4. The van der Waals surface area contributed by atoms with Gasteiger partial charge >= 0.3 is 0 Å². The molecular formula is C20H21F2N5O3S. The van der Waals surface area contributed by atoms with Gasteiger partial charge in [0.25, 0.3) is 5.91 Å². The van der Waals surface area contributed by atoms with Gasteiger partial charge in [0, 0.05) is 11.6 Å². The second kappa shape index (κ2) is 9.86. The Labute approximate surface area is 181 Å². The molecule has 3 amide bonds. The molecule has 0 aliphatic carbocycles. The van der Waals surface area contributed by atoms with E-state index in [1.165, 1.54) is 0 Å². The number of carbonyl (C=O) groups is 3. The van der Waals surface area contributed by atoms with Gasteiger partial charge in [0.1, 0.15) is 23.2 Å². The molecule has 1 heterocycles. The molecule has 1 fully saturated rings. The monoisotopic (exact) mass is 449 g/mol. The molecule has 164 valence electrons. The summed E-state index contributed by atoms with van der Waals surface area (Å²) >= 11 is 1.02. The van der Waals surface area contributed by atoms with E-state index < -0.39 is 47.1 Å². The predicted molar refractivity (Wildman–Crippen MR) is 113 cm³/mol. The van der Waals surface area contributed by atoms with Crippen LogP contribution in [0.2, 0.25) is 0 Å². The Balaban J connectivity index is 1.50. The Morgan fingerprint density at radius 3 is 2.52 bits per heavy atom. The minimum atomic E-state index is -1.01.